The van der Waals surface area contributed by atoms with Crippen molar-refractivity contribution < 1.29 is 9.63 Å². The molecule has 0 radical (unpaired) electrons. The van der Waals surface area contributed by atoms with Gasteiger partial charge in [0.1, 0.15) is 0 Å². The van der Waals surface area contributed by atoms with Gasteiger partial charge in [-0.05, 0) is 20.8 Å². The number of amides is 2. The Hall–Kier alpha value is -0.850. The van der Waals surface area contributed by atoms with Crippen LogP contribution in [0.15, 0.2) is 0 Å². The van der Waals surface area contributed by atoms with Gasteiger partial charge in [0.2, 0.25) is 0 Å². The van der Waals surface area contributed by atoms with Crippen LogP contribution in [-0.2, 0) is 4.84 Å². The molecule has 6 heteroatoms. The van der Waals surface area contributed by atoms with Gasteiger partial charge in [0.05, 0.1) is 5.60 Å². The van der Waals surface area contributed by atoms with E-state index in [1.54, 1.807) is 0 Å². The first-order valence-corrected chi connectivity index (χ1v) is 3.55. The third kappa shape index (κ3) is 4.89. The summed E-state index contributed by atoms with van der Waals surface area (Å²) in [6, 6.07) is -0.473. The number of urea groups is 1. The monoisotopic (exact) mass is 176 g/mol. The Kier molecular flexibility index (Phi) is 3.94. The Morgan fingerprint density at radius 1 is 1.50 bits per heavy atom. The molecule has 2 amide bonds. The van der Waals surface area contributed by atoms with E-state index in [-0.39, 0.29) is 5.60 Å². The number of carbonyl (C=O) groups excluding carboxylic acids is 1. The molecule has 0 aliphatic rings. The van der Waals surface area contributed by atoms with Crippen LogP contribution in [-0.4, -0.2) is 23.7 Å². The predicted molar refractivity (Wildman–Crippen MR) is 44.5 cm³/mol. The Balaban J connectivity index is 3.72. The Morgan fingerprint density at radius 3 is 2.33 bits per heavy atom. The Labute approximate surface area is 71.9 Å². The van der Waals surface area contributed by atoms with E-state index < -0.39 is 6.03 Å². The van der Waals surface area contributed by atoms with Crippen molar-refractivity contribution in [1.29, 1.82) is 0 Å². The van der Waals surface area contributed by atoms with Gasteiger partial charge in [-0.15, -0.1) is 5.59 Å². The fraction of sp³-hybridized carbons (Fsp3) is 0.833. The molecule has 72 valence electrons. The minimum atomic E-state index is -0.473. The predicted octanol–water partition coefficient (Wildman–Crippen LogP) is -0.264. The molecular weight excluding hydrogens is 160 g/mol. The van der Waals surface area contributed by atoms with E-state index in [1.165, 1.54) is 7.05 Å². The molecule has 0 aromatic heterocycles. The van der Waals surface area contributed by atoms with Crippen LogP contribution in [0.3, 0.4) is 0 Å². The van der Waals surface area contributed by atoms with Crippen LogP contribution in [0.4, 0.5) is 4.79 Å². The van der Waals surface area contributed by atoms with Crippen molar-refractivity contribution in [3.05, 3.63) is 0 Å². The summed E-state index contributed by atoms with van der Waals surface area (Å²) in [5, 5.41) is 1.10. The third-order valence-corrected chi connectivity index (χ3v) is 0.917. The fourth-order valence-electron chi connectivity index (χ4n) is 0.344. The molecule has 6 nitrogen and oxygen atoms in total. The summed E-state index contributed by atoms with van der Waals surface area (Å²) in [6.45, 7) is 5.57. The maximum Gasteiger partial charge on any atom is 0.347 e. The first-order valence-electron chi connectivity index (χ1n) is 3.55. The summed E-state index contributed by atoms with van der Waals surface area (Å²) < 4.78 is 0. The molecule has 0 aliphatic carbocycles. The van der Waals surface area contributed by atoms with Crippen molar-refractivity contribution in [1.82, 2.24) is 16.0 Å². The van der Waals surface area contributed by atoms with E-state index in [0.29, 0.717) is 0 Å². The van der Waals surface area contributed by atoms with E-state index in [4.69, 9.17) is 10.7 Å². The average Bonchev–Trinajstić information content (AvgIpc) is 1.97. The quantitative estimate of drug-likeness (QED) is 0.307. The summed E-state index contributed by atoms with van der Waals surface area (Å²) in [6.07, 6.45) is 0. The number of nitrogens with zero attached hydrogens (tertiary/aromatic N) is 1. The van der Waals surface area contributed by atoms with Crippen molar-refractivity contribution in [2.24, 2.45) is 5.84 Å². The molecule has 0 atom stereocenters. The molecule has 0 rings (SSSR count). The third-order valence-electron chi connectivity index (χ3n) is 0.917. The summed E-state index contributed by atoms with van der Waals surface area (Å²) in [5.74, 6) is 4.88. The summed E-state index contributed by atoms with van der Waals surface area (Å²) in [7, 11) is 1.49. The lowest BCUT2D eigenvalue weighted by Gasteiger charge is -2.24. The molecule has 0 spiro atoms. The topological polar surface area (TPSA) is 79.6 Å². The first kappa shape index (κ1) is 11.2. The number of rotatable bonds is 2. The zero-order valence-corrected chi connectivity index (χ0v) is 7.84. The van der Waals surface area contributed by atoms with Crippen molar-refractivity contribution in [2.75, 3.05) is 7.05 Å². The molecule has 0 saturated carbocycles. The van der Waals surface area contributed by atoms with Crippen LogP contribution in [0.2, 0.25) is 0 Å². The number of carbonyl (C=O) groups is 1. The highest BCUT2D eigenvalue weighted by Crippen LogP contribution is 2.03. The molecule has 0 bridgehead atoms. The van der Waals surface area contributed by atoms with Crippen molar-refractivity contribution in [3.8, 4) is 0 Å². The highest BCUT2D eigenvalue weighted by atomic mass is 16.7. The second kappa shape index (κ2) is 4.24. The highest BCUT2D eigenvalue weighted by Gasteiger charge is 2.13. The van der Waals surface area contributed by atoms with Crippen LogP contribution in [0.5, 0.6) is 0 Å². The molecule has 0 heterocycles. The van der Waals surface area contributed by atoms with Gasteiger partial charge in [0.25, 0.3) is 0 Å². The van der Waals surface area contributed by atoms with E-state index in [9.17, 15) is 4.79 Å². The second-order valence-electron chi connectivity index (χ2n) is 3.31. The number of hydrazine groups is 2. The largest absolute Gasteiger partial charge is 0.347 e. The Morgan fingerprint density at radius 2 is 2.00 bits per heavy atom. The first-order chi connectivity index (χ1) is 5.37. The number of hydrogen-bond acceptors (Lipinski definition) is 4. The minimum absolute atomic E-state index is 0.358. The summed E-state index contributed by atoms with van der Waals surface area (Å²) in [4.78, 5) is 15.8. The fourth-order valence-corrected chi connectivity index (χ4v) is 0.344. The lowest BCUT2D eigenvalue weighted by Crippen LogP contribution is -2.50. The van der Waals surface area contributed by atoms with Crippen molar-refractivity contribution >= 4 is 6.03 Å². The maximum absolute atomic E-state index is 10.8. The molecule has 0 fully saturated rings. The van der Waals surface area contributed by atoms with Crippen LogP contribution < -0.4 is 16.9 Å². The van der Waals surface area contributed by atoms with E-state index in [2.05, 4.69) is 5.59 Å². The Bertz CT molecular complexity index is 154. The van der Waals surface area contributed by atoms with Crippen LogP contribution in [0.25, 0.3) is 0 Å². The lowest BCUT2D eigenvalue weighted by molar-refractivity contribution is -0.132. The van der Waals surface area contributed by atoms with Gasteiger partial charge in [-0.1, -0.05) is 0 Å². The van der Waals surface area contributed by atoms with Crippen LogP contribution >= 0.6 is 0 Å². The van der Waals surface area contributed by atoms with E-state index >= 15 is 0 Å². The SMILES string of the molecule is CN(NOC(C)(C)C)C(=O)NN. The lowest BCUT2D eigenvalue weighted by atomic mass is 10.2. The van der Waals surface area contributed by atoms with Gasteiger partial charge in [-0.3, -0.25) is 10.3 Å². The smallest absolute Gasteiger partial charge is 0.276 e. The van der Waals surface area contributed by atoms with Crippen molar-refractivity contribution in [2.45, 2.75) is 26.4 Å². The molecule has 0 aliphatic heterocycles. The van der Waals surface area contributed by atoms with Gasteiger partial charge < -0.3 is 0 Å². The van der Waals surface area contributed by atoms with Gasteiger partial charge in [0.15, 0.2) is 0 Å². The average molecular weight is 176 g/mol. The number of nitrogens with two attached hydrogens (primary N) is 1. The second-order valence-corrected chi connectivity index (χ2v) is 3.31. The molecule has 0 aromatic carbocycles. The zero-order chi connectivity index (χ0) is 9.78. The zero-order valence-electron chi connectivity index (χ0n) is 7.84. The normalized spacial score (nSPS) is 11.1. The molecule has 0 aromatic rings. The summed E-state index contributed by atoms with van der Waals surface area (Å²) in [5.41, 5.74) is 4.00. The molecule has 0 unspecified atom stereocenters. The van der Waals surface area contributed by atoms with Crippen LogP contribution in [0, 0.1) is 0 Å². The molecule has 12 heavy (non-hydrogen) atoms. The van der Waals surface area contributed by atoms with Gasteiger partial charge in [-0.25, -0.2) is 15.6 Å². The number of hydrogen-bond donors (Lipinski definition) is 3. The van der Waals surface area contributed by atoms with E-state index in [0.717, 1.165) is 5.01 Å². The highest BCUT2D eigenvalue weighted by molar-refractivity contribution is 5.72. The number of nitrogens with one attached hydrogen (secondary N) is 2. The molecule has 4 N–H and O–H groups in total. The molecule has 0 saturated heterocycles. The summed E-state index contributed by atoms with van der Waals surface area (Å²) >= 11 is 0. The standard InChI is InChI=1S/C6H16N4O2/c1-6(2,3)12-9-10(4)5(11)8-7/h9H,7H2,1-4H3,(H,8,11). The molecular formula is C6H16N4O2. The van der Waals surface area contributed by atoms with Gasteiger partial charge in [-0.2, -0.15) is 0 Å². The van der Waals surface area contributed by atoms with E-state index in [1.807, 2.05) is 26.2 Å². The van der Waals surface area contributed by atoms with Gasteiger partial charge in [0, 0.05) is 7.05 Å². The van der Waals surface area contributed by atoms with Crippen LogP contribution in [0.1, 0.15) is 20.8 Å². The van der Waals surface area contributed by atoms with Gasteiger partial charge >= 0.3 is 6.03 Å². The minimum Gasteiger partial charge on any atom is -0.276 e. The van der Waals surface area contributed by atoms with Crippen molar-refractivity contribution in [3.63, 3.8) is 0 Å². The maximum atomic E-state index is 10.8.